The van der Waals surface area contributed by atoms with Gasteiger partial charge in [-0.2, -0.15) is 0 Å². The topological polar surface area (TPSA) is 44.4 Å². The lowest BCUT2D eigenvalue weighted by Crippen LogP contribution is -2.42. The molecular weight excluding hydrogens is 226 g/mol. The van der Waals surface area contributed by atoms with Crippen LogP contribution in [0.1, 0.15) is 23.6 Å². The summed E-state index contributed by atoms with van der Waals surface area (Å²) in [6.07, 6.45) is 1.50. The van der Waals surface area contributed by atoms with Crippen molar-refractivity contribution >= 4 is 11.6 Å². The Kier molecular flexibility index (Phi) is 3.06. The van der Waals surface area contributed by atoms with Gasteiger partial charge in [0.05, 0.1) is 0 Å². The van der Waals surface area contributed by atoms with E-state index in [1.807, 2.05) is 7.05 Å². The molecule has 2 aliphatic heterocycles. The second-order valence-corrected chi connectivity index (χ2v) is 5.05. The van der Waals surface area contributed by atoms with Crippen LogP contribution in [0.25, 0.3) is 0 Å². The fraction of sp³-hybridized carbons (Fsp3) is 0.500. The number of carbonyl (C=O) groups is 1. The van der Waals surface area contributed by atoms with Gasteiger partial charge in [-0.05, 0) is 23.6 Å². The molecule has 0 aliphatic carbocycles. The number of hydrogen-bond donors (Lipinski definition) is 2. The number of anilines is 1. The predicted octanol–water partition coefficient (Wildman–Crippen LogP) is 0.830. The molecule has 1 unspecified atom stereocenters. The number of benzene rings is 1. The van der Waals surface area contributed by atoms with Crippen LogP contribution in [-0.4, -0.2) is 32.6 Å². The van der Waals surface area contributed by atoms with Crippen molar-refractivity contribution in [2.75, 3.05) is 31.6 Å². The van der Waals surface area contributed by atoms with E-state index >= 15 is 0 Å². The quantitative estimate of drug-likeness (QED) is 0.770. The molecule has 0 bridgehead atoms. The third kappa shape index (κ3) is 2.02. The smallest absolute Gasteiger partial charge is 0.227 e. The minimum absolute atomic E-state index is 0.215. The molecule has 0 spiro atoms. The minimum Gasteiger partial charge on any atom is -0.315 e. The number of nitrogens with zero attached hydrogens (tertiary/aromatic N) is 1. The maximum Gasteiger partial charge on any atom is 0.227 e. The zero-order valence-corrected chi connectivity index (χ0v) is 10.7. The Morgan fingerprint density at radius 1 is 1.28 bits per heavy atom. The van der Waals surface area contributed by atoms with E-state index in [-0.39, 0.29) is 5.91 Å². The molecule has 2 N–H and O–H groups in total. The van der Waals surface area contributed by atoms with Gasteiger partial charge in [0.25, 0.3) is 0 Å². The van der Waals surface area contributed by atoms with Crippen LogP contribution < -0.4 is 15.5 Å². The Bertz CT molecular complexity index is 466. The van der Waals surface area contributed by atoms with Gasteiger partial charge in [-0.3, -0.25) is 4.79 Å². The summed E-state index contributed by atoms with van der Waals surface area (Å²) in [7, 11) is 1.86. The van der Waals surface area contributed by atoms with Gasteiger partial charge in [-0.25, -0.2) is 0 Å². The molecule has 1 aromatic rings. The summed E-state index contributed by atoms with van der Waals surface area (Å²) >= 11 is 0. The Labute approximate surface area is 107 Å². The summed E-state index contributed by atoms with van der Waals surface area (Å²) in [4.78, 5) is 13.4. The number of carbonyl (C=O) groups excluding carboxylic acids is 1. The van der Waals surface area contributed by atoms with Gasteiger partial charge < -0.3 is 15.5 Å². The summed E-state index contributed by atoms with van der Waals surface area (Å²) in [6, 6.07) is 6.87. The predicted molar refractivity (Wildman–Crippen MR) is 71.8 cm³/mol. The molecule has 1 fully saturated rings. The van der Waals surface area contributed by atoms with E-state index in [4.69, 9.17) is 0 Å². The minimum atomic E-state index is 0.215. The van der Waals surface area contributed by atoms with Gasteiger partial charge in [-0.15, -0.1) is 0 Å². The molecule has 18 heavy (non-hydrogen) atoms. The Balaban J connectivity index is 1.89. The number of hydrogen-bond acceptors (Lipinski definition) is 3. The normalized spacial score (nSPS) is 23.9. The molecule has 0 saturated carbocycles. The van der Waals surface area contributed by atoms with E-state index in [1.165, 1.54) is 11.1 Å². The van der Waals surface area contributed by atoms with Gasteiger partial charge in [0.2, 0.25) is 5.91 Å². The monoisotopic (exact) mass is 245 g/mol. The van der Waals surface area contributed by atoms with Gasteiger partial charge >= 0.3 is 0 Å². The van der Waals surface area contributed by atoms with Gasteiger partial charge in [0.15, 0.2) is 0 Å². The fourth-order valence-electron chi connectivity index (χ4n) is 2.78. The molecule has 2 aliphatic rings. The van der Waals surface area contributed by atoms with Crippen LogP contribution >= 0.6 is 0 Å². The number of piperazine rings is 1. The van der Waals surface area contributed by atoms with Crippen molar-refractivity contribution in [2.24, 2.45) is 0 Å². The molecule has 1 saturated heterocycles. The molecule has 3 rings (SSSR count). The van der Waals surface area contributed by atoms with Crippen LogP contribution in [-0.2, 0) is 11.2 Å². The molecule has 0 radical (unpaired) electrons. The molecule has 1 amide bonds. The van der Waals surface area contributed by atoms with E-state index in [9.17, 15) is 4.79 Å². The largest absolute Gasteiger partial charge is 0.315 e. The van der Waals surface area contributed by atoms with Crippen LogP contribution in [0, 0.1) is 0 Å². The summed E-state index contributed by atoms with van der Waals surface area (Å²) in [5.74, 6) is 0.215. The Hall–Kier alpha value is -1.39. The second-order valence-electron chi connectivity index (χ2n) is 5.05. The second kappa shape index (κ2) is 4.71. The first-order valence-corrected chi connectivity index (χ1v) is 6.59. The number of aryl methyl sites for hydroxylation is 1. The summed E-state index contributed by atoms with van der Waals surface area (Å²) < 4.78 is 0. The maximum atomic E-state index is 11.6. The third-order valence-corrected chi connectivity index (χ3v) is 3.89. The molecule has 96 valence electrons. The van der Waals surface area contributed by atoms with E-state index in [0.717, 1.165) is 31.7 Å². The summed E-state index contributed by atoms with van der Waals surface area (Å²) in [5, 5.41) is 6.92. The lowest BCUT2D eigenvalue weighted by molar-refractivity contribution is -0.118. The van der Waals surface area contributed by atoms with Crippen LogP contribution in [0.2, 0.25) is 0 Å². The average Bonchev–Trinajstić information content (AvgIpc) is 2.44. The van der Waals surface area contributed by atoms with Crippen molar-refractivity contribution in [3.8, 4) is 0 Å². The van der Waals surface area contributed by atoms with Crippen molar-refractivity contribution in [3.05, 3.63) is 29.3 Å². The highest BCUT2D eigenvalue weighted by atomic mass is 16.2. The maximum absolute atomic E-state index is 11.6. The van der Waals surface area contributed by atoms with E-state index in [2.05, 4.69) is 28.8 Å². The average molecular weight is 245 g/mol. The number of amides is 1. The number of rotatable bonds is 1. The van der Waals surface area contributed by atoms with Crippen LogP contribution in [0.3, 0.4) is 0 Å². The molecule has 1 atom stereocenters. The van der Waals surface area contributed by atoms with Crippen molar-refractivity contribution in [3.63, 3.8) is 0 Å². The van der Waals surface area contributed by atoms with E-state index in [0.29, 0.717) is 12.5 Å². The van der Waals surface area contributed by atoms with Gasteiger partial charge in [0, 0.05) is 44.8 Å². The molecule has 2 heterocycles. The summed E-state index contributed by atoms with van der Waals surface area (Å²) in [6.45, 7) is 3.03. The SMILES string of the molecule is CN1C(=O)CCc2cc(C3CNCCN3)ccc21. The zero-order chi connectivity index (χ0) is 12.5. The highest BCUT2D eigenvalue weighted by Crippen LogP contribution is 2.29. The van der Waals surface area contributed by atoms with Crippen molar-refractivity contribution in [1.82, 2.24) is 10.6 Å². The first kappa shape index (κ1) is 11.7. The third-order valence-electron chi connectivity index (χ3n) is 3.89. The highest BCUT2D eigenvalue weighted by Gasteiger charge is 2.22. The Morgan fingerprint density at radius 3 is 2.94 bits per heavy atom. The highest BCUT2D eigenvalue weighted by molar-refractivity contribution is 5.95. The van der Waals surface area contributed by atoms with Crippen LogP contribution in [0.15, 0.2) is 18.2 Å². The lowest BCUT2D eigenvalue weighted by atomic mass is 9.96. The molecule has 1 aromatic carbocycles. The Morgan fingerprint density at radius 2 is 2.17 bits per heavy atom. The molecule has 0 aromatic heterocycles. The first-order valence-electron chi connectivity index (χ1n) is 6.59. The molecule has 4 nitrogen and oxygen atoms in total. The number of nitrogens with one attached hydrogen (secondary N) is 2. The fourth-order valence-corrected chi connectivity index (χ4v) is 2.78. The summed E-state index contributed by atoms with van der Waals surface area (Å²) in [5.41, 5.74) is 3.68. The van der Waals surface area contributed by atoms with E-state index < -0.39 is 0 Å². The number of fused-ring (bicyclic) bond motifs is 1. The van der Waals surface area contributed by atoms with Crippen LogP contribution in [0.5, 0.6) is 0 Å². The standard InChI is InChI=1S/C14H19N3O/c1-17-13-4-2-10(12-9-15-6-7-16-12)8-11(13)3-5-14(17)18/h2,4,8,12,15-16H,3,5-7,9H2,1H3. The zero-order valence-electron chi connectivity index (χ0n) is 10.7. The van der Waals surface area contributed by atoms with Gasteiger partial charge in [-0.1, -0.05) is 12.1 Å². The van der Waals surface area contributed by atoms with E-state index in [1.54, 1.807) is 4.90 Å². The van der Waals surface area contributed by atoms with Crippen molar-refractivity contribution in [1.29, 1.82) is 0 Å². The van der Waals surface area contributed by atoms with Crippen molar-refractivity contribution < 1.29 is 4.79 Å². The van der Waals surface area contributed by atoms with Crippen molar-refractivity contribution in [2.45, 2.75) is 18.9 Å². The molecular formula is C14H19N3O. The molecule has 4 heteroatoms. The first-order chi connectivity index (χ1) is 8.75. The lowest BCUT2D eigenvalue weighted by Gasteiger charge is -2.29. The van der Waals surface area contributed by atoms with Crippen LogP contribution in [0.4, 0.5) is 5.69 Å². The van der Waals surface area contributed by atoms with Gasteiger partial charge in [0.1, 0.15) is 0 Å².